The standard InChI is InChI=1S/C13H16F3NO/c1-12(18)6-7-17-8-11(12)9-4-2-3-5-10(9)13(14,15)16/h2-5,11,17-18H,6-8H2,1H3. The van der Waals surface area contributed by atoms with Gasteiger partial charge in [-0.15, -0.1) is 0 Å². The normalized spacial score (nSPS) is 29.3. The third-order valence-electron chi connectivity index (χ3n) is 3.55. The van der Waals surface area contributed by atoms with Gasteiger partial charge in [0.05, 0.1) is 11.2 Å². The largest absolute Gasteiger partial charge is 0.416 e. The van der Waals surface area contributed by atoms with Gasteiger partial charge in [-0.1, -0.05) is 18.2 Å². The Balaban J connectivity index is 2.44. The Kier molecular flexibility index (Phi) is 3.38. The fourth-order valence-electron chi connectivity index (χ4n) is 2.49. The fourth-order valence-corrected chi connectivity index (χ4v) is 2.49. The number of halogens is 3. The molecule has 1 heterocycles. The molecule has 2 atom stereocenters. The van der Waals surface area contributed by atoms with Crippen molar-refractivity contribution in [2.75, 3.05) is 13.1 Å². The number of hydrogen-bond donors (Lipinski definition) is 2. The van der Waals surface area contributed by atoms with E-state index in [0.29, 0.717) is 19.5 Å². The Labute approximate surface area is 104 Å². The molecule has 1 aromatic rings. The van der Waals surface area contributed by atoms with Crippen LogP contribution in [0.15, 0.2) is 24.3 Å². The Bertz CT molecular complexity index is 428. The molecule has 1 aromatic carbocycles. The Morgan fingerprint density at radius 3 is 2.61 bits per heavy atom. The number of aliphatic hydroxyl groups is 1. The van der Waals surface area contributed by atoms with Crippen molar-refractivity contribution in [3.63, 3.8) is 0 Å². The molecule has 0 bridgehead atoms. The van der Waals surface area contributed by atoms with E-state index < -0.39 is 23.3 Å². The molecule has 100 valence electrons. The van der Waals surface area contributed by atoms with E-state index >= 15 is 0 Å². The van der Waals surface area contributed by atoms with Crippen LogP contribution in [0.4, 0.5) is 13.2 Å². The van der Waals surface area contributed by atoms with Crippen molar-refractivity contribution in [2.45, 2.75) is 31.0 Å². The van der Waals surface area contributed by atoms with Gasteiger partial charge < -0.3 is 10.4 Å². The number of nitrogens with one attached hydrogen (secondary N) is 1. The monoisotopic (exact) mass is 259 g/mol. The summed E-state index contributed by atoms with van der Waals surface area (Å²) < 4.78 is 38.9. The maximum Gasteiger partial charge on any atom is 0.416 e. The Hall–Kier alpha value is -1.07. The summed E-state index contributed by atoms with van der Waals surface area (Å²) in [5, 5.41) is 13.3. The van der Waals surface area contributed by atoms with Gasteiger partial charge in [-0.3, -0.25) is 0 Å². The first-order valence-corrected chi connectivity index (χ1v) is 5.91. The SMILES string of the molecule is CC1(O)CCNCC1c1ccccc1C(F)(F)F. The van der Waals surface area contributed by atoms with Gasteiger partial charge in [-0.2, -0.15) is 13.2 Å². The van der Waals surface area contributed by atoms with Crippen molar-refractivity contribution < 1.29 is 18.3 Å². The van der Waals surface area contributed by atoms with E-state index in [4.69, 9.17) is 0 Å². The smallest absolute Gasteiger partial charge is 0.389 e. The van der Waals surface area contributed by atoms with Crippen molar-refractivity contribution in [1.82, 2.24) is 5.32 Å². The predicted molar refractivity (Wildman–Crippen MR) is 62.3 cm³/mol. The highest BCUT2D eigenvalue weighted by Gasteiger charge is 2.41. The zero-order valence-electron chi connectivity index (χ0n) is 10.1. The summed E-state index contributed by atoms with van der Waals surface area (Å²) in [5.41, 5.74) is -1.59. The van der Waals surface area contributed by atoms with E-state index in [-0.39, 0.29) is 5.56 Å². The van der Waals surface area contributed by atoms with Crippen LogP contribution in [0.2, 0.25) is 0 Å². The molecule has 18 heavy (non-hydrogen) atoms. The molecule has 2 nitrogen and oxygen atoms in total. The van der Waals surface area contributed by atoms with Gasteiger partial charge in [-0.25, -0.2) is 0 Å². The van der Waals surface area contributed by atoms with Crippen LogP contribution in [0, 0.1) is 0 Å². The number of hydrogen-bond acceptors (Lipinski definition) is 2. The third-order valence-corrected chi connectivity index (χ3v) is 3.55. The van der Waals surface area contributed by atoms with Crippen LogP contribution in [0.1, 0.15) is 30.4 Å². The quantitative estimate of drug-likeness (QED) is 0.812. The molecule has 2 N–H and O–H groups in total. The lowest BCUT2D eigenvalue weighted by atomic mass is 9.77. The highest BCUT2D eigenvalue weighted by atomic mass is 19.4. The first-order chi connectivity index (χ1) is 8.32. The van der Waals surface area contributed by atoms with Gasteiger partial charge in [0.25, 0.3) is 0 Å². The zero-order chi connectivity index (χ0) is 13.4. The number of piperidine rings is 1. The zero-order valence-corrected chi connectivity index (χ0v) is 10.1. The summed E-state index contributed by atoms with van der Waals surface area (Å²) >= 11 is 0. The average molecular weight is 259 g/mol. The minimum Gasteiger partial charge on any atom is -0.389 e. The maximum absolute atomic E-state index is 13.0. The molecule has 2 rings (SSSR count). The second kappa shape index (κ2) is 4.55. The summed E-state index contributed by atoms with van der Waals surface area (Å²) in [6.07, 6.45) is -3.94. The number of alkyl halides is 3. The van der Waals surface area contributed by atoms with Crippen molar-refractivity contribution in [3.05, 3.63) is 35.4 Å². The van der Waals surface area contributed by atoms with Gasteiger partial charge in [0.1, 0.15) is 0 Å². The molecule has 0 saturated carbocycles. The minimum atomic E-state index is -4.38. The molecule has 0 radical (unpaired) electrons. The lowest BCUT2D eigenvalue weighted by Crippen LogP contribution is -2.47. The molecule has 1 aliphatic rings. The van der Waals surface area contributed by atoms with E-state index in [2.05, 4.69) is 5.32 Å². The fraction of sp³-hybridized carbons (Fsp3) is 0.538. The van der Waals surface area contributed by atoms with Crippen LogP contribution >= 0.6 is 0 Å². The molecule has 0 spiro atoms. The minimum absolute atomic E-state index is 0.169. The number of benzene rings is 1. The van der Waals surface area contributed by atoms with Crippen molar-refractivity contribution in [1.29, 1.82) is 0 Å². The topological polar surface area (TPSA) is 32.3 Å². The van der Waals surface area contributed by atoms with E-state index in [0.717, 1.165) is 6.07 Å². The van der Waals surface area contributed by atoms with Crippen molar-refractivity contribution >= 4 is 0 Å². The van der Waals surface area contributed by atoms with Gasteiger partial charge in [0.2, 0.25) is 0 Å². The summed E-state index contributed by atoms with van der Waals surface area (Å²) in [5.74, 6) is -0.538. The Morgan fingerprint density at radius 1 is 1.33 bits per heavy atom. The predicted octanol–water partition coefficient (Wildman–Crippen LogP) is 2.53. The molecule has 1 fully saturated rings. The highest BCUT2D eigenvalue weighted by Crippen LogP contribution is 2.40. The molecule has 1 aliphatic heterocycles. The van der Waals surface area contributed by atoms with Crippen LogP contribution < -0.4 is 5.32 Å². The van der Waals surface area contributed by atoms with Gasteiger partial charge in [-0.05, 0) is 31.5 Å². The summed E-state index contributed by atoms with van der Waals surface area (Å²) in [6.45, 7) is 2.59. The van der Waals surface area contributed by atoms with Crippen LogP contribution in [-0.2, 0) is 6.18 Å². The Morgan fingerprint density at radius 2 is 2.00 bits per heavy atom. The second-order valence-electron chi connectivity index (χ2n) is 4.95. The van der Waals surface area contributed by atoms with E-state index in [1.165, 1.54) is 12.1 Å². The van der Waals surface area contributed by atoms with Gasteiger partial charge in [0.15, 0.2) is 0 Å². The number of rotatable bonds is 1. The maximum atomic E-state index is 13.0. The lowest BCUT2D eigenvalue weighted by molar-refractivity contribution is -0.139. The first-order valence-electron chi connectivity index (χ1n) is 5.91. The third kappa shape index (κ3) is 2.52. The van der Waals surface area contributed by atoms with Gasteiger partial charge in [0, 0.05) is 12.5 Å². The molecular formula is C13H16F3NO. The van der Waals surface area contributed by atoms with Gasteiger partial charge >= 0.3 is 6.18 Å². The van der Waals surface area contributed by atoms with Crippen molar-refractivity contribution in [3.8, 4) is 0 Å². The van der Waals surface area contributed by atoms with E-state index in [9.17, 15) is 18.3 Å². The van der Waals surface area contributed by atoms with E-state index in [1.807, 2.05) is 0 Å². The highest BCUT2D eigenvalue weighted by molar-refractivity contribution is 5.35. The lowest BCUT2D eigenvalue weighted by Gasteiger charge is -2.38. The summed E-state index contributed by atoms with van der Waals surface area (Å²) in [4.78, 5) is 0. The molecule has 0 amide bonds. The van der Waals surface area contributed by atoms with Crippen LogP contribution in [-0.4, -0.2) is 23.8 Å². The summed E-state index contributed by atoms with van der Waals surface area (Å²) in [7, 11) is 0. The molecule has 2 unspecified atom stereocenters. The van der Waals surface area contributed by atoms with Crippen LogP contribution in [0.25, 0.3) is 0 Å². The van der Waals surface area contributed by atoms with Crippen molar-refractivity contribution in [2.24, 2.45) is 0 Å². The second-order valence-corrected chi connectivity index (χ2v) is 4.95. The molecular weight excluding hydrogens is 243 g/mol. The van der Waals surface area contributed by atoms with Crippen LogP contribution in [0.5, 0.6) is 0 Å². The summed E-state index contributed by atoms with van der Waals surface area (Å²) in [6, 6.07) is 5.47. The molecule has 0 aromatic heterocycles. The molecule has 0 aliphatic carbocycles. The van der Waals surface area contributed by atoms with Crippen LogP contribution in [0.3, 0.4) is 0 Å². The molecule has 5 heteroatoms. The molecule has 1 saturated heterocycles. The average Bonchev–Trinajstić information content (AvgIpc) is 2.27. The first kappa shape index (κ1) is 13.4. The van der Waals surface area contributed by atoms with E-state index in [1.54, 1.807) is 13.0 Å².